The van der Waals surface area contributed by atoms with Gasteiger partial charge >= 0.3 is 6.08 Å². The van der Waals surface area contributed by atoms with Gasteiger partial charge in [0.05, 0.1) is 17.6 Å². The largest absolute Gasteiger partial charge is 0.480 e. The van der Waals surface area contributed by atoms with Gasteiger partial charge in [0.2, 0.25) is 5.88 Å². The smallest absolute Gasteiger partial charge is 0.309 e. The molecule has 2 heterocycles. The lowest BCUT2D eigenvalue weighted by atomic mass is 10.0. The van der Waals surface area contributed by atoms with Crippen LogP contribution >= 0.6 is 23.5 Å². The molecule has 4 aromatic rings. The van der Waals surface area contributed by atoms with Gasteiger partial charge in [0.1, 0.15) is 0 Å². The van der Waals surface area contributed by atoms with Crippen molar-refractivity contribution < 1.29 is 13.5 Å². The molecule has 0 aliphatic carbocycles. The van der Waals surface area contributed by atoms with Crippen molar-refractivity contribution in [2.24, 2.45) is 0 Å². The fraction of sp³-hybridized carbons (Fsp3) is 0.0952. The van der Waals surface area contributed by atoms with Gasteiger partial charge in [-0.3, -0.25) is 0 Å². The molecule has 0 radical (unpaired) electrons. The molecule has 9 heteroatoms. The topological polar surface area (TPSA) is 59.9 Å². The summed E-state index contributed by atoms with van der Waals surface area (Å²) in [5.74, 6) is -0.303. The quantitative estimate of drug-likeness (QED) is 0.298. The van der Waals surface area contributed by atoms with Gasteiger partial charge in [0, 0.05) is 22.0 Å². The summed E-state index contributed by atoms with van der Waals surface area (Å²) in [5.41, 5.74) is 2.33. The van der Waals surface area contributed by atoms with Gasteiger partial charge in [-0.1, -0.05) is 23.7 Å². The van der Waals surface area contributed by atoms with E-state index in [4.69, 9.17) is 16.3 Å². The maximum Gasteiger partial charge on any atom is 0.309 e. The summed E-state index contributed by atoms with van der Waals surface area (Å²) in [5, 5.41) is 1.18. The number of ether oxygens (including phenoxy) is 1. The van der Waals surface area contributed by atoms with Crippen LogP contribution in [0.15, 0.2) is 53.6 Å². The Kier molecular flexibility index (Phi) is 5.69. The van der Waals surface area contributed by atoms with Crippen molar-refractivity contribution in [2.45, 2.75) is 11.8 Å². The number of hydrogen-bond acceptors (Lipinski definition) is 6. The number of benzene rings is 2. The molecule has 0 bridgehead atoms. The van der Waals surface area contributed by atoms with Gasteiger partial charge in [-0.05, 0) is 60.3 Å². The minimum Gasteiger partial charge on any atom is -0.480 e. The summed E-state index contributed by atoms with van der Waals surface area (Å²) in [6.45, 7) is 1.80. The van der Waals surface area contributed by atoms with Crippen LogP contribution in [-0.4, -0.2) is 22.1 Å². The maximum absolute atomic E-state index is 14.8. The number of pyridine rings is 1. The molecule has 1 N–H and O–H groups in total. The van der Waals surface area contributed by atoms with Crippen LogP contribution in [0.3, 0.4) is 0 Å². The lowest BCUT2D eigenvalue weighted by molar-refractivity contribution is 0.399. The first-order valence-corrected chi connectivity index (χ1v) is 10.0. The molecule has 0 unspecified atom stereocenters. The molecule has 0 spiro atoms. The van der Waals surface area contributed by atoms with Gasteiger partial charge in [-0.15, -0.1) is 0 Å². The highest BCUT2D eigenvalue weighted by Crippen LogP contribution is 2.36. The van der Waals surface area contributed by atoms with E-state index in [1.165, 1.54) is 19.4 Å². The first-order chi connectivity index (χ1) is 14.5. The van der Waals surface area contributed by atoms with Gasteiger partial charge in [-0.25, -0.2) is 14.4 Å². The van der Waals surface area contributed by atoms with Crippen molar-refractivity contribution in [3.63, 3.8) is 0 Å². The Morgan fingerprint density at radius 3 is 2.67 bits per heavy atom. The van der Waals surface area contributed by atoms with Crippen molar-refractivity contribution in [3.05, 3.63) is 71.1 Å². The summed E-state index contributed by atoms with van der Waals surface area (Å²) < 4.78 is 36.5. The molecule has 0 amide bonds. The number of nitrogens with zero attached hydrogens (tertiary/aromatic N) is 3. The number of hydrogen-bond donors (Lipinski definition) is 1. The van der Waals surface area contributed by atoms with Crippen LogP contribution in [0, 0.1) is 18.8 Å². The summed E-state index contributed by atoms with van der Waals surface area (Å²) >= 11 is 7.28. The van der Waals surface area contributed by atoms with E-state index in [2.05, 4.69) is 19.7 Å². The van der Waals surface area contributed by atoms with Crippen LogP contribution < -0.4 is 9.46 Å². The van der Waals surface area contributed by atoms with Gasteiger partial charge < -0.3 is 9.46 Å². The Labute approximate surface area is 180 Å². The van der Waals surface area contributed by atoms with Crippen molar-refractivity contribution in [1.29, 1.82) is 0 Å². The second-order valence-corrected chi connectivity index (χ2v) is 7.64. The number of nitrogens with one attached hydrogen (secondary N) is 1. The molecule has 0 saturated heterocycles. The monoisotopic (exact) mass is 444 g/mol. The first-order valence-electron chi connectivity index (χ1n) is 8.81. The van der Waals surface area contributed by atoms with E-state index in [1.54, 1.807) is 25.1 Å². The van der Waals surface area contributed by atoms with Crippen LogP contribution in [-0.2, 0) is 0 Å². The van der Waals surface area contributed by atoms with E-state index < -0.39 is 11.9 Å². The highest BCUT2D eigenvalue weighted by Gasteiger charge is 2.16. The second-order valence-electron chi connectivity index (χ2n) is 6.38. The fourth-order valence-corrected chi connectivity index (χ4v) is 3.91. The molecule has 5 nitrogen and oxygen atoms in total. The Bertz CT molecular complexity index is 1260. The normalized spacial score (nSPS) is 11.0. The molecule has 0 aliphatic heterocycles. The summed E-state index contributed by atoms with van der Waals surface area (Å²) in [6, 6.07) is 12.1. The summed E-state index contributed by atoms with van der Waals surface area (Å²) in [4.78, 5) is 12.4. The zero-order chi connectivity index (χ0) is 21.3. The molecule has 0 atom stereocenters. The lowest BCUT2D eigenvalue weighted by Crippen LogP contribution is -2.00. The Morgan fingerprint density at radius 1 is 1.10 bits per heavy atom. The van der Waals surface area contributed by atoms with E-state index in [9.17, 15) is 8.78 Å². The Hall–Kier alpha value is -2.97. The van der Waals surface area contributed by atoms with Gasteiger partial charge in [0.25, 0.3) is 0 Å². The molecule has 2 aromatic carbocycles. The SMILES string of the molecule is COc1nc(NSc2ccccc2Cl)c(F)cc1-c1cc(C)c2nc(F)ncc2c1. The molecular weight excluding hydrogens is 430 g/mol. The van der Waals surface area contributed by atoms with E-state index in [0.29, 0.717) is 27.1 Å². The standard InChI is InChI=1S/C21H15ClF2N4OS/c1-11-7-12(8-13-10-25-21(24)26-18(11)13)14-9-16(23)19(27-20(14)29-2)28-30-17-6-4-3-5-15(17)22/h3-10H,1-2H3,(H,27,28). The lowest BCUT2D eigenvalue weighted by Gasteiger charge is -2.13. The van der Waals surface area contributed by atoms with E-state index in [-0.39, 0.29) is 11.7 Å². The third kappa shape index (κ3) is 4.01. The number of methoxy groups -OCH3 is 1. The van der Waals surface area contributed by atoms with Crippen LogP contribution in [0.1, 0.15) is 5.56 Å². The third-order valence-electron chi connectivity index (χ3n) is 4.38. The average Bonchev–Trinajstić information content (AvgIpc) is 2.74. The second kappa shape index (κ2) is 8.41. The Balaban J connectivity index is 1.71. The number of anilines is 1. The van der Waals surface area contributed by atoms with Crippen molar-refractivity contribution in [1.82, 2.24) is 15.0 Å². The fourth-order valence-electron chi connectivity index (χ4n) is 2.99. The molecule has 0 fully saturated rings. The van der Waals surface area contributed by atoms with Gasteiger partial charge in [0.15, 0.2) is 11.6 Å². The molecule has 0 saturated carbocycles. The van der Waals surface area contributed by atoms with Gasteiger partial charge in [-0.2, -0.15) is 9.37 Å². The summed E-state index contributed by atoms with van der Waals surface area (Å²) in [7, 11) is 1.46. The molecule has 4 rings (SSSR count). The first kappa shape index (κ1) is 20.3. The number of rotatable bonds is 5. The van der Waals surface area contributed by atoms with Crippen LogP contribution in [0.4, 0.5) is 14.6 Å². The Morgan fingerprint density at radius 2 is 1.90 bits per heavy atom. The van der Waals surface area contributed by atoms with Crippen molar-refractivity contribution in [2.75, 3.05) is 11.8 Å². The minimum atomic E-state index is -0.796. The minimum absolute atomic E-state index is 0.0171. The third-order valence-corrected chi connectivity index (χ3v) is 5.70. The number of halogens is 3. The van der Waals surface area contributed by atoms with E-state index >= 15 is 0 Å². The highest BCUT2D eigenvalue weighted by molar-refractivity contribution is 8.00. The molecular formula is C21H15ClF2N4OS. The highest BCUT2D eigenvalue weighted by atomic mass is 35.5. The molecule has 30 heavy (non-hydrogen) atoms. The summed E-state index contributed by atoms with van der Waals surface area (Å²) in [6.07, 6.45) is 0.593. The van der Waals surface area contributed by atoms with Crippen LogP contribution in [0.5, 0.6) is 5.88 Å². The number of aromatic nitrogens is 3. The predicted molar refractivity (Wildman–Crippen MR) is 115 cm³/mol. The molecule has 152 valence electrons. The van der Waals surface area contributed by atoms with Crippen molar-refractivity contribution in [3.8, 4) is 17.0 Å². The number of aryl methyl sites for hydroxylation is 1. The van der Waals surface area contributed by atoms with Crippen LogP contribution in [0.2, 0.25) is 5.02 Å². The predicted octanol–water partition coefficient (Wildman–Crippen LogP) is 6.06. The van der Waals surface area contributed by atoms with E-state index in [1.807, 2.05) is 18.2 Å². The van der Waals surface area contributed by atoms with Crippen LogP contribution in [0.25, 0.3) is 22.0 Å². The van der Waals surface area contributed by atoms with Crippen molar-refractivity contribution >= 4 is 40.3 Å². The maximum atomic E-state index is 14.8. The number of fused-ring (bicyclic) bond motifs is 1. The molecule has 2 aromatic heterocycles. The van der Waals surface area contributed by atoms with E-state index in [0.717, 1.165) is 22.4 Å². The molecule has 0 aliphatic rings. The zero-order valence-electron chi connectivity index (χ0n) is 15.9. The average molecular weight is 445 g/mol. The zero-order valence-corrected chi connectivity index (χ0v) is 17.5.